The molecule has 0 fully saturated rings. The Labute approximate surface area is 85.1 Å². The highest BCUT2D eigenvalue weighted by atomic mass is 32.2. The summed E-state index contributed by atoms with van der Waals surface area (Å²) in [5.41, 5.74) is 1.15. The van der Waals surface area contributed by atoms with Crippen molar-refractivity contribution in [1.82, 2.24) is 4.37 Å². The molecule has 2 heteroatoms. The van der Waals surface area contributed by atoms with Gasteiger partial charge >= 0.3 is 0 Å². The van der Waals surface area contributed by atoms with Crippen LogP contribution < -0.4 is 0 Å². The third-order valence-corrected chi connectivity index (χ3v) is 3.54. The molecule has 3 aromatic rings. The molecule has 0 spiro atoms. The number of hydrogen-bond acceptors (Lipinski definition) is 1. The zero-order valence-corrected chi connectivity index (χ0v) is 8.71. The van der Waals surface area contributed by atoms with Gasteiger partial charge in [0.15, 0.2) is 5.38 Å². The highest BCUT2D eigenvalue weighted by Gasteiger charge is 2.08. The molecule has 0 saturated heterocycles. The highest BCUT2D eigenvalue weighted by Crippen LogP contribution is 2.28. The van der Waals surface area contributed by atoms with Crippen LogP contribution in [0.1, 0.15) is 0 Å². The summed E-state index contributed by atoms with van der Waals surface area (Å²) < 4.78 is 4.57. The maximum atomic E-state index is 4.57. The van der Waals surface area contributed by atoms with Gasteiger partial charge in [-0.2, -0.15) is 0 Å². The molecule has 0 saturated carbocycles. The lowest BCUT2D eigenvalue weighted by molar-refractivity contribution is 1.65. The highest BCUT2D eigenvalue weighted by molar-refractivity contribution is 7.23. The first-order chi connectivity index (χ1) is 6.84. The van der Waals surface area contributed by atoms with E-state index in [4.69, 9.17) is 0 Å². The number of rotatable bonds is 0. The quantitative estimate of drug-likeness (QED) is 0.504. The fourth-order valence-electron chi connectivity index (χ4n) is 1.84. The van der Waals surface area contributed by atoms with Gasteiger partial charge in [-0.15, -0.1) is 0 Å². The van der Waals surface area contributed by atoms with Gasteiger partial charge in [-0.1, -0.05) is 30.3 Å². The van der Waals surface area contributed by atoms with Crippen LogP contribution in [0.5, 0.6) is 0 Å². The zero-order chi connectivity index (χ0) is 9.54. The molecule has 1 atom stereocenters. The number of nitrogens with zero attached hydrogens (tertiary/aromatic N) is 1. The van der Waals surface area contributed by atoms with Crippen molar-refractivity contribution in [2.45, 2.75) is 0 Å². The molecule has 1 nitrogen and oxygen atoms in total. The topological polar surface area (TPSA) is 12.9 Å². The molecule has 0 bridgehead atoms. The second-order valence-electron chi connectivity index (χ2n) is 3.45. The van der Waals surface area contributed by atoms with Crippen molar-refractivity contribution in [3.05, 3.63) is 41.8 Å². The maximum absolute atomic E-state index is 4.57. The van der Waals surface area contributed by atoms with E-state index in [1.165, 1.54) is 16.2 Å². The molecule has 0 radical (unpaired) electrons. The largest absolute Gasteiger partial charge is 0.172 e. The van der Waals surface area contributed by atoms with Gasteiger partial charge in [-0.05, 0) is 21.2 Å². The van der Waals surface area contributed by atoms with Crippen LogP contribution in [0.15, 0.2) is 41.8 Å². The van der Waals surface area contributed by atoms with Gasteiger partial charge in [-0.3, -0.25) is 0 Å². The van der Waals surface area contributed by atoms with Crippen LogP contribution in [0, 0.1) is 0 Å². The Morgan fingerprint density at radius 1 is 1.00 bits per heavy atom. The average molecular weight is 200 g/mol. The first-order valence-electron chi connectivity index (χ1n) is 4.58. The summed E-state index contributed by atoms with van der Waals surface area (Å²) >= 11 is 0. The molecule has 1 aromatic heterocycles. The molecule has 1 heterocycles. The van der Waals surface area contributed by atoms with Crippen LogP contribution in [0.4, 0.5) is 0 Å². The van der Waals surface area contributed by atoms with Gasteiger partial charge in [0, 0.05) is 0 Å². The van der Waals surface area contributed by atoms with E-state index in [0.29, 0.717) is 0 Å². The van der Waals surface area contributed by atoms with Crippen LogP contribution in [0.3, 0.4) is 0 Å². The Morgan fingerprint density at radius 3 is 2.79 bits per heavy atom. The van der Waals surface area contributed by atoms with Gasteiger partial charge in [0.2, 0.25) is 0 Å². The van der Waals surface area contributed by atoms with E-state index in [1.54, 1.807) is 0 Å². The van der Waals surface area contributed by atoms with Crippen LogP contribution in [0.25, 0.3) is 21.7 Å². The Morgan fingerprint density at radius 2 is 1.86 bits per heavy atom. The van der Waals surface area contributed by atoms with Gasteiger partial charge in [-0.25, -0.2) is 0 Å². The smallest absolute Gasteiger partial charge is 0.0616 e. The monoisotopic (exact) mass is 200 g/mol. The number of hydrogen-bond donors (Lipinski definition) is 0. The summed E-state index contributed by atoms with van der Waals surface area (Å²) in [5, 5.41) is 6.20. The van der Waals surface area contributed by atoms with E-state index >= 15 is 0 Å². The molecule has 2 aromatic carbocycles. The molecule has 0 aliphatic carbocycles. The van der Waals surface area contributed by atoms with Crippen molar-refractivity contribution < 1.29 is 0 Å². The first kappa shape index (κ1) is 7.94. The van der Waals surface area contributed by atoms with E-state index in [9.17, 15) is 0 Å². The fourth-order valence-corrected chi connectivity index (χ4v) is 2.95. The predicted octanol–water partition coefficient (Wildman–Crippen LogP) is 3.67. The van der Waals surface area contributed by atoms with E-state index in [0.717, 1.165) is 5.52 Å². The standard InChI is InChI=1S/C12H10NS/c1-14-8-11-10-5-3-2-4-9(10)6-7-12(11)13-14/h2-8H,1H3/q+1. The average Bonchev–Trinajstić information content (AvgIpc) is 2.59. The molecular formula is C12H10NS+. The summed E-state index contributed by atoms with van der Waals surface area (Å²) in [4.78, 5) is 0. The normalized spacial score (nSPS) is 12.5. The summed E-state index contributed by atoms with van der Waals surface area (Å²) in [6, 6.07) is 12.7. The number of aromatic nitrogens is 1. The Hall–Kier alpha value is -1.41. The zero-order valence-electron chi connectivity index (χ0n) is 7.90. The molecule has 0 N–H and O–H groups in total. The lowest BCUT2D eigenvalue weighted by atomic mass is 10.1. The van der Waals surface area contributed by atoms with Crippen molar-refractivity contribution >= 4 is 32.3 Å². The number of benzene rings is 2. The maximum Gasteiger partial charge on any atom is 0.172 e. The van der Waals surface area contributed by atoms with Crippen LogP contribution in [-0.2, 0) is 6.26 Å². The van der Waals surface area contributed by atoms with Gasteiger partial charge < -0.3 is 0 Å². The minimum absolute atomic E-state index is 0.0747. The Kier molecular flexibility index (Phi) is 1.58. The fraction of sp³-hybridized carbons (Fsp3) is 0.0833. The van der Waals surface area contributed by atoms with Gasteiger partial charge in [0.05, 0.1) is 16.1 Å². The van der Waals surface area contributed by atoms with Crippen molar-refractivity contribution in [3.8, 4) is 0 Å². The van der Waals surface area contributed by atoms with E-state index in [-0.39, 0.29) is 10.7 Å². The molecular weight excluding hydrogens is 190 g/mol. The Balaban J connectivity index is 2.60. The summed E-state index contributed by atoms with van der Waals surface area (Å²) in [7, 11) is 0.0747. The van der Waals surface area contributed by atoms with Crippen LogP contribution in [0.2, 0.25) is 0 Å². The summed E-state index contributed by atoms with van der Waals surface area (Å²) in [5.74, 6) is 0. The van der Waals surface area contributed by atoms with Gasteiger partial charge in [0.25, 0.3) is 0 Å². The predicted molar refractivity (Wildman–Crippen MR) is 62.7 cm³/mol. The first-order valence-corrected chi connectivity index (χ1v) is 6.23. The molecule has 0 aliphatic rings. The van der Waals surface area contributed by atoms with Crippen molar-refractivity contribution in [2.75, 3.05) is 0 Å². The summed E-state index contributed by atoms with van der Waals surface area (Å²) in [6.07, 6.45) is 2.15. The van der Waals surface area contributed by atoms with Crippen molar-refractivity contribution in [1.29, 1.82) is 0 Å². The van der Waals surface area contributed by atoms with Crippen molar-refractivity contribution in [2.24, 2.45) is 6.26 Å². The third-order valence-electron chi connectivity index (χ3n) is 2.48. The number of fused-ring (bicyclic) bond motifs is 3. The van der Waals surface area contributed by atoms with Crippen molar-refractivity contribution in [3.63, 3.8) is 0 Å². The molecule has 68 valence electrons. The van der Waals surface area contributed by atoms with Crippen LogP contribution >= 0.6 is 10.7 Å². The molecule has 1 unspecified atom stereocenters. The molecule has 0 aliphatic heterocycles. The Bertz CT molecular complexity index is 610. The van der Waals surface area contributed by atoms with Crippen LogP contribution in [-0.4, -0.2) is 4.37 Å². The minimum atomic E-state index is 0.0747. The SMILES string of the molecule is C[s+]1cc2c(ccc3ccccc32)n1. The molecule has 14 heavy (non-hydrogen) atoms. The lowest BCUT2D eigenvalue weighted by Gasteiger charge is -1.95. The summed E-state index contributed by atoms with van der Waals surface area (Å²) in [6.45, 7) is 0. The van der Waals surface area contributed by atoms with E-state index in [2.05, 4.69) is 52.4 Å². The second-order valence-corrected chi connectivity index (χ2v) is 4.92. The van der Waals surface area contributed by atoms with E-state index < -0.39 is 0 Å². The minimum Gasteiger partial charge on any atom is -0.0616 e. The second kappa shape index (κ2) is 2.79. The van der Waals surface area contributed by atoms with Gasteiger partial charge in [0.1, 0.15) is 11.8 Å². The molecule has 0 amide bonds. The third kappa shape index (κ3) is 1.04. The number of aryl methyl sites for hydroxylation is 1. The molecule has 3 rings (SSSR count). The van der Waals surface area contributed by atoms with E-state index in [1.807, 2.05) is 0 Å². The lowest BCUT2D eigenvalue weighted by Crippen LogP contribution is -1.72.